The third-order valence-corrected chi connectivity index (χ3v) is 9.77. The van der Waals surface area contributed by atoms with Gasteiger partial charge in [0.1, 0.15) is 0 Å². The average molecular weight is 458 g/mol. The molecule has 4 heteroatoms. The van der Waals surface area contributed by atoms with Crippen molar-refractivity contribution in [1.82, 2.24) is 4.90 Å². The zero-order valence-corrected chi connectivity index (χ0v) is 21.5. The molecule has 0 radical (unpaired) electrons. The van der Waals surface area contributed by atoms with E-state index in [1.165, 1.54) is 58.0 Å². The van der Waals surface area contributed by atoms with Crippen LogP contribution in [0.1, 0.15) is 78.6 Å². The highest BCUT2D eigenvalue weighted by atomic mass is 16.5. The summed E-state index contributed by atoms with van der Waals surface area (Å²) < 4.78 is 5.84. The number of rotatable bonds is 5. The molecule has 0 amide bonds. The second-order valence-corrected chi connectivity index (χ2v) is 12.1. The number of piperidine rings is 1. The Hall–Kier alpha value is -0.940. The van der Waals surface area contributed by atoms with Crippen LogP contribution in [0.2, 0.25) is 0 Å². The van der Waals surface area contributed by atoms with Crippen molar-refractivity contribution < 1.29 is 14.9 Å². The predicted octanol–water partition coefficient (Wildman–Crippen LogP) is 5.26. The summed E-state index contributed by atoms with van der Waals surface area (Å²) in [5, 5.41) is 20.3. The van der Waals surface area contributed by atoms with Crippen molar-refractivity contribution in [1.29, 1.82) is 0 Å². The highest BCUT2D eigenvalue weighted by molar-refractivity contribution is 5.38. The molecule has 33 heavy (non-hydrogen) atoms. The van der Waals surface area contributed by atoms with E-state index in [2.05, 4.69) is 44.4 Å². The molecule has 186 valence electrons. The molecule has 2 unspecified atom stereocenters. The lowest BCUT2D eigenvalue weighted by Gasteiger charge is -2.46. The molecule has 0 aromatic carbocycles. The third kappa shape index (κ3) is 5.19. The van der Waals surface area contributed by atoms with E-state index >= 15 is 0 Å². The van der Waals surface area contributed by atoms with Crippen molar-refractivity contribution in [2.75, 3.05) is 26.7 Å². The van der Waals surface area contributed by atoms with Gasteiger partial charge in [0.2, 0.25) is 0 Å². The number of hydrogen-bond acceptors (Lipinski definition) is 4. The van der Waals surface area contributed by atoms with E-state index in [4.69, 9.17) is 4.74 Å². The lowest BCUT2D eigenvalue weighted by atomic mass is 9.61. The minimum Gasteiger partial charge on any atom is -0.393 e. The summed E-state index contributed by atoms with van der Waals surface area (Å²) in [7, 11) is 1.87. The van der Waals surface area contributed by atoms with Gasteiger partial charge in [-0.25, -0.2) is 0 Å². The normalized spacial score (nSPS) is 43.8. The van der Waals surface area contributed by atoms with Crippen LogP contribution in [-0.4, -0.2) is 59.7 Å². The van der Waals surface area contributed by atoms with Crippen LogP contribution in [0.5, 0.6) is 0 Å². The SMILES string of the molecule is C=C1/C(=C\C=C2/CCC[C@]3(C)[C@@H](C(C)CN4CCCC(C)(OC)C4)CC[C@@H]23)C[C@@H](O)C[C@@H]1O. The molecule has 1 heterocycles. The first-order valence-electron chi connectivity index (χ1n) is 13.4. The minimum atomic E-state index is -0.610. The van der Waals surface area contributed by atoms with Crippen molar-refractivity contribution in [3.05, 3.63) is 35.5 Å². The van der Waals surface area contributed by atoms with Gasteiger partial charge >= 0.3 is 0 Å². The van der Waals surface area contributed by atoms with Crippen LogP contribution < -0.4 is 0 Å². The summed E-state index contributed by atoms with van der Waals surface area (Å²) in [5.74, 6) is 2.12. The smallest absolute Gasteiger partial charge is 0.0811 e. The fourth-order valence-electron chi connectivity index (χ4n) is 7.84. The van der Waals surface area contributed by atoms with E-state index < -0.39 is 12.2 Å². The second kappa shape index (κ2) is 9.97. The van der Waals surface area contributed by atoms with Crippen molar-refractivity contribution in [3.63, 3.8) is 0 Å². The summed E-state index contributed by atoms with van der Waals surface area (Å²) in [6.45, 7) is 14.9. The molecule has 4 fully saturated rings. The van der Waals surface area contributed by atoms with Crippen LogP contribution in [0.15, 0.2) is 35.5 Å². The number of likely N-dealkylation sites (tertiary alicyclic amines) is 1. The van der Waals surface area contributed by atoms with Gasteiger partial charge < -0.3 is 19.8 Å². The lowest BCUT2D eigenvalue weighted by molar-refractivity contribution is -0.0571. The molecule has 3 saturated carbocycles. The number of methoxy groups -OCH3 is 1. The molecule has 3 aliphatic carbocycles. The van der Waals surface area contributed by atoms with Crippen LogP contribution >= 0.6 is 0 Å². The van der Waals surface area contributed by atoms with Crippen molar-refractivity contribution in [2.24, 2.45) is 23.2 Å². The third-order valence-electron chi connectivity index (χ3n) is 9.77. The lowest BCUT2D eigenvalue weighted by Crippen LogP contribution is -2.49. The predicted molar refractivity (Wildman–Crippen MR) is 135 cm³/mol. The number of hydrogen-bond donors (Lipinski definition) is 2. The molecular formula is C29H47NO3. The van der Waals surface area contributed by atoms with Gasteiger partial charge in [0.15, 0.2) is 0 Å². The van der Waals surface area contributed by atoms with Gasteiger partial charge in [0, 0.05) is 26.6 Å². The number of aliphatic hydroxyl groups excluding tert-OH is 2. The van der Waals surface area contributed by atoms with Gasteiger partial charge in [0.25, 0.3) is 0 Å². The summed E-state index contributed by atoms with van der Waals surface area (Å²) >= 11 is 0. The summed E-state index contributed by atoms with van der Waals surface area (Å²) in [6.07, 6.45) is 13.2. The standard InChI is InChI=1S/C29H47NO3/c1-20(18-30-15-7-13-28(3,19-30)33-5)25-11-12-26-22(8-6-14-29(25,26)4)9-10-23-16-24(31)17-27(32)21(23)2/h9-10,20,24-27,31-32H,2,6-8,11-19H2,1,3-5H3/b22-9+,23-10-/t20?,24-,25-,26+,27+,28?,29-/m1/s1. The van der Waals surface area contributed by atoms with Gasteiger partial charge in [-0.15, -0.1) is 0 Å². The van der Waals surface area contributed by atoms with E-state index in [0.29, 0.717) is 30.1 Å². The summed E-state index contributed by atoms with van der Waals surface area (Å²) in [4.78, 5) is 2.66. The van der Waals surface area contributed by atoms with E-state index in [0.717, 1.165) is 23.6 Å². The van der Waals surface area contributed by atoms with Crippen LogP contribution in [-0.2, 0) is 4.74 Å². The van der Waals surface area contributed by atoms with E-state index in [1.807, 2.05) is 7.11 Å². The zero-order valence-electron chi connectivity index (χ0n) is 21.5. The Morgan fingerprint density at radius 2 is 1.97 bits per heavy atom. The number of fused-ring (bicyclic) bond motifs is 1. The quantitative estimate of drug-likeness (QED) is 0.591. The summed E-state index contributed by atoms with van der Waals surface area (Å²) in [6, 6.07) is 0. The first kappa shape index (κ1) is 25.2. The van der Waals surface area contributed by atoms with Gasteiger partial charge in [0.05, 0.1) is 17.8 Å². The monoisotopic (exact) mass is 457 g/mol. The van der Waals surface area contributed by atoms with Crippen LogP contribution in [0, 0.1) is 23.2 Å². The maximum Gasteiger partial charge on any atom is 0.0811 e. The van der Waals surface area contributed by atoms with Crippen LogP contribution in [0.4, 0.5) is 0 Å². The molecule has 4 rings (SSSR count). The Morgan fingerprint density at radius 1 is 1.18 bits per heavy atom. The molecule has 0 aromatic heterocycles. The highest BCUT2D eigenvalue weighted by Gasteiger charge is 2.51. The molecule has 0 bridgehead atoms. The molecular weight excluding hydrogens is 410 g/mol. The van der Waals surface area contributed by atoms with E-state index in [9.17, 15) is 10.2 Å². The van der Waals surface area contributed by atoms with Gasteiger partial charge in [-0.1, -0.05) is 38.2 Å². The summed E-state index contributed by atoms with van der Waals surface area (Å²) in [5.41, 5.74) is 3.79. The van der Waals surface area contributed by atoms with Crippen molar-refractivity contribution >= 4 is 0 Å². The van der Waals surface area contributed by atoms with Crippen LogP contribution in [0.25, 0.3) is 0 Å². The maximum atomic E-state index is 10.2. The Bertz CT molecular complexity index is 788. The number of nitrogens with zero attached hydrogens (tertiary/aromatic N) is 1. The minimum absolute atomic E-state index is 0.0125. The van der Waals surface area contributed by atoms with E-state index in [-0.39, 0.29) is 5.60 Å². The Morgan fingerprint density at radius 3 is 2.73 bits per heavy atom. The fourth-order valence-corrected chi connectivity index (χ4v) is 7.84. The molecule has 7 atom stereocenters. The Balaban J connectivity index is 1.45. The van der Waals surface area contributed by atoms with Gasteiger partial charge in [-0.3, -0.25) is 0 Å². The average Bonchev–Trinajstić information content (AvgIpc) is 3.13. The first-order valence-corrected chi connectivity index (χ1v) is 13.4. The Kier molecular flexibility index (Phi) is 7.60. The molecule has 4 aliphatic rings. The number of aliphatic hydroxyl groups is 2. The first-order chi connectivity index (χ1) is 15.6. The van der Waals surface area contributed by atoms with Gasteiger partial charge in [-0.2, -0.15) is 0 Å². The fraction of sp³-hybridized carbons (Fsp3) is 0.793. The maximum absolute atomic E-state index is 10.2. The van der Waals surface area contributed by atoms with Crippen molar-refractivity contribution in [2.45, 2.75) is 96.4 Å². The molecule has 2 N–H and O–H groups in total. The second-order valence-electron chi connectivity index (χ2n) is 12.1. The molecule has 1 aliphatic heterocycles. The molecule has 4 nitrogen and oxygen atoms in total. The molecule has 1 saturated heterocycles. The largest absolute Gasteiger partial charge is 0.393 e. The van der Waals surface area contributed by atoms with Crippen molar-refractivity contribution in [3.8, 4) is 0 Å². The molecule has 0 aromatic rings. The van der Waals surface area contributed by atoms with Gasteiger partial charge in [-0.05, 0) is 99.1 Å². The zero-order chi connectivity index (χ0) is 23.8. The topological polar surface area (TPSA) is 52.9 Å². The molecule has 0 spiro atoms. The van der Waals surface area contributed by atoms with Crippen LogP contribution in [0.3, 0.4) is 0 Å². The number of ether oxygens (including phenoxy) is 1. The number of allylic oxidation sites excluding steroid dienone is 3. The van der Waals surface area contributed by atoms with E-state index in [1.54, 1.807) is 5.57 Å². The highest BCUT2D eigenvalue weighted by Crippen LogP contribution is 2.59. The Labute approximate surface area is 201 Å².